The zero-order chi connectivity index (χ0) is 18.1. The number of benzene rings is 1. The number of hydrogen-bond acceptors (Lipinski definition) is 5. The van der Waals surface area contributed by atoms with Gasteiger partial charge < -0.3 is 15.2 Å². The topological polar surface area (TPSA) is 107 Å². The van der Waals surface area contributed by atoms with Crippen LogP contribution < -0.4 is 10.4 Å². The van der Waals surface area contributed by atoms with Crippen molar-refractivity contribution in [2.75, 3.05) is 11.9 Å². The van der Waals surface area contributed by atoms with E-state index in [-0.39, 0.29) is 23.9 Å². The number of carbonyl (C=O) groups is 4. The van der Waals surface area contributed by atoms with Crippen molar-refractivity contribution in [2.45, 2.75) is 12.8 Å². The monoisotopic (exact) mass is 361 g/mol. The Kier molecular flexibility index (Phi) is 4.59. The second-order valence-corrected chi connectivity index (χ2v) is 6.46. The van der Waals surface area contributed by atoms with Crippen molar-refractivity contribution in [1.82, 2.24) is 4.90 Å². The molecule has 1 aromatic carbocycles. The molecule has 0 unspecified atom stereocenters. The van der Waals surface area contributed by atoms with Gasteiger partial charge in [-0.05, 0) is 30.5 Å². The van der Waals surface area contributed by atoms with E-state index in [2.05, 4.69) is 5.32 Å². The molecule has 2 atom stereocenters. The number of anilines is 1. The molecule has 1 aliphatic heterocycles. The molecule has 3 amide bonds. The molecule has 0 bridgehead atoms. The minimum atomic E-state index is -1.32. The first kappa shape index (κ1) is 17.2. The summed E-state index contributed by atoms with van der Waals surface area (Å²) in [5, 5.41) is 13.8. The Morgan fingerprint density at radius 3 is 2.44 bits per heavy atom. The van der Waals surface area contributed by atoms with Crippen molar-refractivity contribution in [3.8, 4) is 0 Å². The Morgan fingerprint density at radius 2 is 1.80 bits per heavy atom. The first-order valence-corrected chi connectivity index (χ1v) is 8.05. The van der Waals surface area contributed by atoms with Gasteiger partial charge in [0.05, 0.1) is 17.8 Å². The molecule has 7 nitrogen and oxygen atoms in total. The highest BCUT2D eigenvalue weighted by molar-refractivity contribution is 6.30. The van der Waals surface area contributed by atoms with E-state index in [1.807, 2.05) is 0 Å². The fraction of sp³-hybridized carbons (Fsp3) is 0.294. The van der Waals surface area contributed by atoms with Crippen LogP contribution in [0.4, 0.5) is 5.69 Å². The first-order chi connectivity index (χ1) is 11.9. The molecule has 1 saturated heterocycles. The van der Waals surface area contributed by atoms with E-state index in [0.29, 0.717) is 23.6 Å². The lowest BCUT2D eigenvalue weighted by Crippen LogP contribution is -2.38. The normalized spacial score (nSPS) is 22.4. The molecule has 0 saturated carbocycles. The van der Waals surface area contributed by atoms with Gasteiger partial charge in [0.15, 0.2) is 0 Å². The molecular formula is C17H14ClN2O5-. The third-order valence-corrected chi connectivity index (χ3v) is 4.68. The fourth-order valence-corrected chi connectivity index (χ4v) is 3.34. The van der Waals surface area contributed by atoms with Crippen LogP contribution in [-0.4, -0.2) is 35.1 Å². The summed E-state index contributed by atoms with van der Waals surface area (Å²) in [5.74, 6) is -3.56. The van der Waals surface area contributed by atoms with E-state index in [4.69, 9.17) is 11.6 Å². The number of halogens is 1. The number of fused-ring (bicyclic) bond motifs is 1. The largest absolute Gasteiger partial charge is 0.545 e. The van der Waals surface area contributed by atoms with Crippen LogP contribution >= 0.6 is 11.6 Å². The average Bonchev–Trinajstić information content (AvgIpc) is 2.80. The van der Waals surface area contributed by atoms with Gasteiger partial charge in [-0.25, -0.2) is 0 Å². The zero-order valence-electron chi connectivity index (χ0n) is 13.0. The van der Waals surface area contributed by atoms with Crippen LogP contribution in [0.5, 0.6) is 0 Å². The molecule has 0 radical (unpaired) electrons. The highest BCUT2D eigenvalue weighted by Crippen LogP contribution is 2.38. The Balaban J connectivity index is 1.64. The Bertz CT molecular complexity index is 787. The van der Waals surface area contributed by atoms with Gasteiger partial charge in [-0.1, -0.05) is 29.8 Å². The molecule has 0 spiro atoms. The third-order valence-electron chi connectivity index (χ3n) is 4.37. The predicted octanol–water partition coefficient (Wildman–Crippen LogP) is 0.506. The number of allylic oxidation sites excluding steroid dienone is 2. The molecule has 3 rings (SSSR count). The number of imide groups is 1. The average molecular weight is 362 g/mol. The highest BCUT2D eigenvalue weighted by atomic mass is 35.5. The first-order valence-electron chi connectivity index (χ1n) is 7.68. The van der Waals surface area contributed by atoms with Gasteiger partial charge in [0.1, 0.15) is 6.54 Å². The number of rotatable bonds is 4. The second kappa shape index (κ2) is 6.68. The second-order valence-electron chi connectivity index (χ2n) is 5.98. The van der Waals surface area contributed by atoms with Crippen molar-refractivity contribution in [3.63, 3.8) is 0 Å². The Hall–Kier alpha value is -2.67. The quantitative estimate of drug-likeness (QED) is 0.786. The van der Waals surface area contributed by atoms with E-state index in [0.717, 1.165) is 4.90 Å². The number of carboxylic acid groups (broad SMARTS) is 1. The van der Waals surface area contributed by atoms with Crippen molar-refractivity contribution in [1.29, 1.82) is 0 Å². The summed E-state index contributed by atoms with van der Waals surface area (Å²) in [6, 6.07) is 5.39. The molecule has 25 heavy (non-hydrogen) atoms. The van der Waals surface area contributed by atoms with Crippen molar-refractivity contribution < 1.29 is 24.3 Å². The molecule has 130 valence electrons. The van der Waals surface area contributed by atoms with Gasteiger partial charge in [0, 0.05) is 10.7 Å². The van der Waals surface area contributed by atoms with Gasteiger partial charge in [0.25, 0.3) is 0 Å². The number of hydrogen-bond donors (Lipinski definition) is 1. The van der Waals surface area contributed by atoms with Crippen LogP contribution in [0.15, 0.2) is 35.4 Å². The van der Waals surface area contributed by atoms with E-state index < -0.39 is 23.7 Å². The lowest BCUT2D eigenvalue weighted by Gasteiger charge is -2.17. The molecule has 1 aliphatic carbocycles. The molecule has 2 aliphatic rings. The van der Waals surface area contributed by atoms with Crippen LogP contribution in [0.3, 0.4) is 0 Å². The standard InChI is InChI=1S/C17H15ClN2O5/c18-10-3-6-12-13(7-10)16(23)20(15(12)22)8-14(21)19-11-4-1-9(2-5-11)17(24)25/h1-5,12-13H,6-8H2,(H,19,21)(H,24,25)/p-1/t12-,13-/m0/s1. The molecular weight excluding hydrogens is 348 g/mol. The summed E-state index contributed by atoms with van der Waals surface area (Å²) in [4.78, 5) is 48.5. The number of likely N-dealkylation sites (tertiary alicyclic amines) is 1. The number of amides is 3. The number of nitrogens with zero attached hydrogens (tertiary/aromatic N) is 1. The highest BCUT2D eigenvalue weighted by Gasteiger charge is 2.48. The predicted molar refractivity (Wildman–Crippen MR) is 86.3 cm³/mol. The van der Waals surface area contributed by atoms with Gasteiger partial charge in [-0.3, -0.25) is 19.3 Å². The van der Waals surface area contributed by atoms with Crippen molar-refractivity contribution in [3.05, 3.63) is 40.9 Å². The van der Waals surface area contributed by atoms with Gasteiger partial charge in [-0.2, -0.15) is 0 Å². The summed E-state index contributed by atoms with van der Waals surface area (Å²) in [6.07, 6.45) is 2.45. The molecule has 0 aromatic heterocycles. The van der Waals surface area contributed by atoms with Gasteiger partial charge in [0.2, 0.25) is 17.7 Å². The maximum Gasteiger partial charge on any atom is 0.244 e. The molecule has 1 aromatic rings. The fourth-order valence-electron chi connectivity index (χ4n) is 3.09. The number of nitrogens with one attached hydrogen (secondary N) is 1. The van der Waals surface area contributed by atoms with Crippen molar-refractivity contribution >= 4 is 41.0 Å². The van der Waals surface area contributed by atoms with Crippen molar-refractivity contribution in [2.24, 2.45) is 11.8 Å². The van der Waals surface area contributed by atoms with Crippen LogP contribution in [0, 0.1) is 11.8 Å². The number of carboxylic acids is 1. The zero-order valence-corrected chi connectivity index (χ0v) is 13.8. The third kappa shape index (κ3) is 3.41. The van der Waals surface area contributed by atoms with Crippen LogP contribution in [0.2, 0.25) is 0 Å². The molecule has 1 fully saturated rings. The summed E-state index contributed by atoms with van der Waals surface area (Å²) in [5.41, 5.74) is 0.340. The number of carbonyl (C=O) groups excluding carboxylic acids is 4. The van der Waals surface area contributed by atoms with Crippen LogP contribution in [0.1, 0.15) is 23.2 Å². The smallest absolute Gasteiger partial charge is 0.244 e. The Labute approximate surface area is 148 Å². The molecule has 1 N–H and O–H groups in total. The van der Waals surface area contributed by atoms with Gasteiger partial charge >= 0.3 is 0 Å². The van der Waals surface area contributed by atoms with Crippen LogP contribution in [0.25, 0.3) is 0 Å². The van der Waals surface area contributed by atoms with E-state index in [1.54, 1.807) is 6.08 Å². The summed E-state index contributed by atoms with van der Waals surface area (Å²) in [6.45, 7) is -0.384. The van der Waals surface area contributed by atoms with Crippen LogP contribution in [-0.2, 0) is 14.4 Å². The van der Waals surface area contributed by atoms with E-state index >= 15 is 0 Å². The van der Waals surface area contributed by atoms with Gasteiger partial charge in [-0.15, -0.1) is 0 Å². The lowest BCUT2D eigenvalue weighted by molar-refractivity contribution is -0.255. The van der Waals surface area contributed by atoms with E-state index in [9.17, 15) is 24.3 Å². The SMILES string of the molecule is O=C(CN1C(=O)[C@H]2CC=C(Cl)C[C@@H]2C1=O)Nc1ccc(C(=O)[O-])cc1. The summed E-state index contributed by atoms with van der Waals surface area (Å²) < 4.78 is 0. The lowest BCUT2D eigenvalue weighted by atomic mass is 9.85. The van der Waals surface area contributed by atoms with E-state index in [1.165, 1.54) is 24.3 Å². The maximum absolute atomic E-state index is 12.4. The minimum Gasteiger partial charge on any atom is -0.545 e. The minimum absolute atomic E-state index is 0.0173. The number of aromatic carboxylic acids is 1. The molecule has 8 heteroatoms. The Morgan fingerprint density at radius 1 is 1.16 bits per heavy atom. The summed E-state index contributed by atoms with van der Waals surface area (Å²) >= 11 is 5.95. The summed E-state index contributed by atoms with van der Waals surface area (Å²) in [7, 11) is 0. The molecule has 1 heterocycles. The maximum atomic E-state index is 12.4.